The molecular formula is C18H18INO3. The number of anilines is 1. The van der Waals surface area contributed by atoms with Crippen molar-refractivity contribution in [3.63, 3.8) is 0 Å². The number of hydrogen-bond acceptors (Lipinski definition) is 4. The molecule has 23 heavy (non-hydrogen) atoms. The van der Waals surface area contributed by atoms with Gasteiger partial charge in [0.2, 0.25) is 0 Å². The minimum Gasteiger partial charge on any atom is -0.489 e. The minimum absolute atomic E-state index is 0.502. The Balaban J connectivity index is 1.76. The molecule has 0 radical (unpaired) electrons. The van der Waals surface area contributed by atoms with Crippen molar-refractivity contribution in [3.05, 3.63) is 60.7 Å². The molecule has 0 amide bonds. The monoisotopic (exact) mass is 423 g/mol. The molecule has 0 bridgehead atoms. The van der Waals surface area contributed by atoms with E-state index in [1.165, 1.54) is 0 Å². The smallest absolute Gasteiger partial charge is 0.163 e. The molecule has 120 valence electrons. The zero-order valence-corrected chi connectivity index (χ0v) is 14.9. The van der Waals surface area contributed by atoms with Crippen LogP contribution in [0.15, 0.2) is 55.1 Å². The fourth-order valence-electron chi connectivity index (χ4n) is 2.35. The summed E-state index contributed by atoms with van der Waals surface area (Å²) in [5.74, 6) is 2.48. The van der Waals surface area contributed by atoms with E-state index in [1.54, 1.807) is 6.08 Å². The van der Waals surface area contributed by atoms with Crippen molar-refractivity contribution in [1.82, 2.24) is 0 Å². The Morgan fingerprint density at radius 3 is 2.74 bits per heavy atom. The van der Waals surface area contributed by atoms with Crippen molar-refractivity contribution in [2.75, 3.05) is 22.9 Å². The predicted molar refractivity (Wildman–Crippen MR) is 99.8 cm³/mol. The van der Waals surface area contributed by atoms with E-state index in [0.29, 0.717) is 19.8 Å². The molecule has 1 aliphatic rings. The SMILES string of the molecule is C=CCOc1ccccc1CN(I)c1ccc2c(c1)OCCO2. The van der Waals surface area contributed by atoms with Gasteiger partial charge < -0.3 is 17.3 Å². The summed E-state index contributed by atoms with van der Waals surface area (Å²) in [6.07, 6.45) is 1.75. The highest BCUT2D eigenvalue weighted by atomic mass is 127. The van der Waals surface area contributed by atoms with Gasteiger partial charge >= 0.3 is 0 Å². The zero-order chi connectivity index (χ0) is 16.1. The van der Waals surface area contributed by atoms with E-state index in [0.717, 1.165) is 35.0 Å². The molecule has 4 nitrogen and oxygen atoms in total. The number of para-hydroxylation sites is 1. The second kappa shape index (κ2) is 7.59. The highest BCUT2D eigenvalue weighted by Crippen LogP contribution is 2.36. The third-order valence-electron chi connectivity index (χ3n) is 3.44. The molecule has 0 spiro atoms. The first-order valence-corrected chi connectivity index (χ1v) is 8.39. The largest absolute Gasteiger partial charge is 0.489 e. The van der Waals surface area contributed by atoms with Crippen LogP contribution in [0.25, 0.3) is 0 Å². The van der Waals surface area contributed by atoms with Crippen LogP contribution < -0.4 is 17.3 Å². The summed E-state index contributed by atoms with van der Waals surface area (Å²) in [5.41, 5.74) is 2.19. The molecule has 0 unspecified atom stereocenters. The van der Waals surface area contributed by atoms with Gasteiger partial charge in [0.15, 0.2) is 11.5 Å². The van der Waals surface area contributed by atoms with E-state index in [-0.39, 0.29) is 0 Å². The Labute approximate surface area is 150 Å². The Morgan fingerprint density at radius 2 is 1.91 bits per heavy atom. The molecule has 3 rings (SSSR count). The predicted octanol–water partition coefficient (Wildman–Crippen LogP) is 4.38. The maximum absolute atomic E-state index is 5.72. The lowest BCUT2D eigenvalue weighted by Crippen LogP contribution is -2.16. The highest BCUT2D eigenvalue weighted by molar-refractivity contribution is 14.1. The van der Waals surface area contributed by atoms with Crippen molar-refractivity contribution in [2.24, 2.45) is 0 Å². The van der Waals surface area contributed by atoms with Crippen LogP contribution in [0.3, 0.4) is 0 Å². The van der Waals surface area contributed by atoms with E-state index in [2.05, 4.69) is 38.6 Å². The standard InChI is InChI=1S/C18H18INO3/c1-2-9-21-16-6-4-3-5-14(16)13-20(19)15-7-8-17-18(12-15)23-11-10-22-17/h2-8,12H,1,9-11,13H2. The molecule has 2 aromatic carbocycles. The van der Waals surface area contributed by atoms with Gasteiger partial charge in [-0.25, -0.2) is 0 Å². The molecule has 5 heteroatoms. The quantitative estimate of drug-likeness (QED) is 0.392. The van der Waals surface area contributed by atoms with Gasteiger partial charge in [-0.15, -0.1) is 0 Å². The topological polar surface area (TPSA) is 30.9 Å². The van der Waals surface area contributed by atoms with Crippen LogP contribution in [-0.4, -0.2) is 19.8 Å². The third kappa shape index (κ3) is 3.90. The summed E-state index contributed by atoms with van der Waals surface area (Å²) >= 11 is 2.30. The van der Waals surface area contributed by atoms with Crippen LogP contribution in [-0.2, 0) is 6.54 Å². The number of benzene rings is 2. The van der Waals surface area contributed by atoms with Crippen molar-refractivity contribution >= 4 is 28.6 Å². The van der Waals surface area contributed by atoms with Crippen LogP contribution in [0.1, 0.15) is 5.56 Å². The number of nitrogens with zero attached hydrogens (tertiary/aromatic N) is 1. The molecule has 0 fully saturated rings. The Bertz CT molecular complexity index is 690. The first-order valence-electron chi connectivity index (χ1n) is 7.42. The zero-order valence-electron chi connectivity index (χ0n) is 12.7. The molecule has 0 N–H and O–H groups in total. The van der Waals surface area contributed by atoms with Crippen molar-refractivity contribution in [1.29, 1.82) is 0 Å². The van der Waals surface area contributed by atoms with E-state index in [9.17, 15) is 0 Å². The number of ether oxygens (including phenoxy) is 3. The van der Waals surface area contributed by atoms with Crippen LogP contribution in [0.5, 0.6) is 17.2 Å². The van der Waals surface area contributed by atoms with Gasteiger partial charge in [-0.2, -0.15) is 0 Å². The molecule has 0 aromatic heterocycles. The van der Waals surface area contributed by atoms with E-state index in [4.69, 9.17) is 14.2 Å². The average molecular weight is 423 g/mol. The first-order chi connectivity index (χ1) is 11.3. The van der Waals surface area contributed by atoms with Crippen LogP contribution in [0, 0.1) is 0 Å². The highest BCUT2D eigenvalue weighted by Gasteiger charge is 2.15. The second-order valence-corrected chi connectivity index (χ2v) is 6.22. The Kier molecular flexibility index (Phi) is 5.27. The lowest BCUT2D eigenvalue weighted by Gasteiger charge is -2.22. The molecule has 0 saturated carbocycles. The fourth-order valence-corrected chi connectivity index (χ4v) is 3.02. The first kappa shape index (κ1) is 16.0. The number of hydrogen-bond donors (Lipinski definition) is 0. The van der Waals surface area contributed by atoms with Gasteiger partial charge in [0.05, 0.1) is 35.1 Å². The molecule has 0 saturated heterocycles. The maximum Gasteiger partial charge on any atom is 0.163 e. The summed E-state index contributed by atoms with van der Waals surface area (Å²) < 4.78 is 19.1. The molecule has 2 aromatic rings. The number of fused-ring (bicyclic) bond motifs is 1. The van der Waals surface area contributed by atoms with Gasteiger partial charge in [0.25, 0.3) is 0 Å². The van der Waals surface area contributed by atoms with E-state index >= 15 is 0 Å². The van der Waals surface area contributed by atoms with Crippen LogP contribution in [0.2, 0.25) is 0 Å². The molecule has 0 aliphatic carbocycles. The average Bonchev–Trinajstić information content (AvgIpc) is 2.60. The van der Waals surface area contributed by atoms with Crippen molar-refractivity contribution in [3.8, 4) is 17.2 Å². The summed E-state index contributed by atoms with van der Waals surface area (Å²) in [7, 11) is 0. The molecule has 1 heterocycles. The maximum atomic E-state index is 5.72. The van der Waals surface area contributed by atoms with Crippen LogP contribution in [0.4, 0.5) is 5.69 Å². The van der Waals surface area contributed by atoms with Crippen molar-refractivity contribution in [2.45, 2.75) is 6.54 Å². The lowest BCUT2D eigenvalue weighted by molar-refractivity contribution is 0.171. The fraction of sp³-hybridized carbons (Fsp3) is 0.222. The second-order valence-electron chi connectivity index (χ2n) is 5.06. The van der Waals surface area contributed by atoms with Crippen molar-refractivity contribution < 1.29 is 14.2 Å². The van der Waals surface area contributed by atoms with Gasteiger partial charge in [0.1, 0.15) is 25.6 Å². The Morgan fingerprint density at radius 1 is 1.13 bits per heavy atom. The minimum atomic E-state index is 0.502. The molecular weight excluding hydrogens is 405 g/mol. The van der Waals surface area contributed by atoms with E-state index in [1.807, 2.05) is 36.4 Å². The van der Waals surface area contributed by atoms with Gasteiger partial charge in [-0.05, 0) is 18.2 Å². The van der Waals surface area contributed by atoms with Gasteiger partial charge in [-0.1, -0.05) is 30.9 Å². The third-order valence-corrected chi connectivity index (χ3v) is 4.34. The summed E-state index contributed by atoms with van der Waals surface area (Å²) in [6, 6.07) is 14.0. The van der Waals surface area contributed by atoms with E-state index < -0.39 is 0 Å². The Hall–Kier alpha value is -1.89. The van der Waals surface area contributed by atoms with Crippen LogP contribution >= 0.6 is 22.9 Å². The number of halogens is 1. The number of rotatable bonds is 6. The summed E-state index contributed by atoms with van der Waals surface area (Å²) in [5, 5.41) is 0. The summed E-state index contributed by atoms with van der Waals surface area (Å²) in [4.78, 5) is 0. The normalized spacial score (nSPS) is 12.6. The lowest BCUT2D eigenvalue weighted by atomic mass is 10.2. The van der Waals surface area contributed by atoms with Gasteiger partial charge in [-0.3, -0.25) is 0 Å². The molecule has 1 aliphatic heterocycles. The molecule has 0 atom stereocenters. The summed E-state index contributed by atoms with van der Waals surface area (Å²) in [6.45, 7) is 6.12. The van der Waals surface area contributed by atoms with Gasteiger partial charge in [0, 0.05) is 11.6 Å².